The number of hydrogen-bond acceptors (Lipinski definition) is 1. The average Bonchev–Trinajstić information content (AvgIpc) is 2.16. The highest BCUT2D eigenvalue weighted by atomic mass is 35.5. The maximum Gasteiger partial charge on any atom is 0.0431 e. The van der Waals surface area contributed by atoms with Gasteiger partial charge in [0.25, 0.3) is 0 Å². The first kappa shape index (κ1) is 13.2. The van der Waals surface area contributed by atoms with Gasteiger partial charge in [-0.3, -0.25) is 0 Å². The summed E-state index contributed by atoms with van der Waals surface area (Å²) in [5, 5.41) is 1.43. The number of benzene rings is 1. The fourth-order valence-electron chi connectivity index (χ4n) is 1.19. The molecule has 0 aliphatic heterocycles. The molecule has 0 saturated heterocycles. The molecule has 0 aliphatic rings. The molecule has 1 aromatic carbocycles. The van der Waals surface area contributed by atoms with Crippen LogP contribution in [0.15, 0.2) is 23.1 Å². The van der Waals surface area contributed by atoms with Crippen molar-refractivity contribution in [3.63, 3.8) is 0 Å². The Bertz CT molecular complexity index is 292. The fourth-order valence-corrected chi connectivity index (χ4v) is 3.03. The van der Waals surface area contributed by atoms with Crippen molar-refractivity contribution in [2.75, 3.05) is 5.75 Å². The third-order valence-corrected chi connectivity index (χ3v) is 3.86. The second-order valence-electron chi connectivity index (χ2n) is 3.76. The molecule has 3 heteroatoms. The zero-order chi connectivity index (χ0) is 11.3. The van der Waals surface area contributed by atoms with Crippen molar-refractivity contribution < 1.29 is 0 Å². The van der Waals surface area contributed by atoms with E-state index in [0.717, 1.165) is 16.6 Å². The van der Waals surface area contributed by atoms with E-state index in [1.165, 1.54) is 12.8 Å². The Morgan fingerprint density at radius 1 is 1.20 bits per heavy atom. The van der Waals surface area contributed by atoms with E-state index in [9.17, 15) is 0 Å². The summed E-state index contributed by atoms with van der Waals surface area (Å²) in [6.45, 7) is 4.51. The van der Waals surface area contributed by atoms with Crippen LogP contribution in [0, 0.1) is 5.92 Å². The Morgan fingerprint density at radius 2 is 1.80 bits per heavy atom. The van der Waals surface area contributed by atoms with Crippen molar-refractivity contribution >= 4 is 35.0 Å². The summed E-state index contributed by atoms with van der Waals surface area (Å²) in [6, 6.07) is 5.70. The monoisotopic (exact) mass is 262 g/mol. The van der Waals surface area contributed by atoms with Crippen molar-refractivity contribution in [2.24, 2.45) is 5.92 Å². The summed E-state index contributed by atoms with van der Waals surface area (Å²) in [6.07, 6.45) is 2.49. The van der Waals surface area contributed by atoms with Gasteiger partial charge in [0.1, 0.15) is 0 Å². The lowest BCUT2D eigenvalue weighted by Gasteiger charge is -2.07. The molecule has 84 valence electrons. The Morgan fingerprint density at radius 3 is 2.33 bits per heavy atom. The summed E-state index contributed by atoms with van der Waals surface area (Å²) in [5.41, 5.74) is 0. The van der Waals surface area contributed by atoms with Gasteiger partial charge in [0.15, 0.2) is 0 Å². The van der Waals surface area contributed by atoms with Crippen molar-refractivity contribution in [3.05, 3.63) is 28.2 Å². The van der Waals surface area contributed by atoms with Gasteiger partial charge in [0, 0.05) is 14.9 Å². The summed E-state index contributed by atoms with van der Waals surface area (Å²) in [7, 11) is 0. The van der Waals surface area contributed by atoms with E-state index in [-0.39, 0.29) is 0 Å². The summed E-state index contributed by atoms with van der Waals surface area (Å²) < 4.78 is 0. The first-order chi connectivity index (χ1) is 7.11. The number of halogens is 2. The van der Waals surface area contributed by atoms with Crippen LogP contribution in [0.2, 0.25) is 10.0 Å². The molecular formula is C12H16Cl2S. The van der Waals surface area contributed by atoms with Gasteiger partial charge in [-0.15, -0.1) is 11.8 Å². The molecule has 0 radical (unpaired) electrons. The van der Waals surface area contributed by atoms with E-state index >= 15 is 0 Å². The van der Waals surface area contributed by atoms with Crippen LogP contribution in [0.4, 0.5) is 0 Å². The second kappa shape index (κ2) is 6.67. The van der Waals surface area contributed by atoms with Crippen LogP contribution in [0.25, 0.3) is 0 Å². The molecule has 0 nitrogen and oxygen atoms in total. The number of hydrogen-bond donors (Lipinski definition) is 0. The molecule has 1 atom stereocenters. The largest absolute Gasteiger partial charge is 0.126 e. The van der Waals surface area contributed by atoms with Crippen LogP contribution in [0.3, 0.4) is 0 Å². The highest BCUT2D eigenvalue weighted by Gasteiger charge is 2.01. The van der Waals surface area contributed by atoms with Crippen molar-refractivity contribution in [2.45, 2.75) is 31.6 Å². The lowest BCUT2D eigenvalue weighted by atomic mass is 10.1. The molecule has 1 unspecified atom stereocenters. The van der Waals surface area contributed by atoms with Gasteiger partial charge in [-0.2, -0.15) is 0 Å². The van der Waals surface area contributed by atoms with Gasteiger partial charge in [-0.1, -0.05) is 43.5 Å². The Labute approximate surface area is 106 Å². The quantitative estimate of drug-likeness (QED) is 0.630. The van der Waals surface area contributed by atoms with Gasteiger partial charge >= 0.3 is 0 Å². The lowest BCUT2D eigenvalue weighted by Crippen LogP contribution is -1.93. The van der Waals surface area contributed by atoms with E-state index in [1.807, 2.05) is 23.9 Å². The topological polar surface area (TPSA) is 0 Å². The van der Waals surface area contributed by atoms with Gasteiger partial charge in [-0.25, -0.2) is 0 Å². The first-order valence-electron chi connectivity index (χ1n) is 5.20. The third kappa shape index (κ3) is 5.14. The van der Waals surface area contributed by atoms with E-state index in [4.69, 9.17) is 23.2 Å². The highest BCUT2D eigenvalue weighted by molar-refractivity contribution is 7.99. The van der Waals surface area contributed by atoms with Gasteiger partial charge in [0.2, 0.25) is 0 Å². The Balaban J connectivity index is 2.43. The molecule has 0 saturated carbocycles. The third-order valence-electron chi connectivity index (χ3n) is 2.41. The smallest absolute Gasteiger partial charge is 0.0431 e. The van der Waals surface area contributed by atoms with E-state index in [1.54, 1.807) is 6.07 Å². The van der Waals surface area contributed by atoms with Crippen LogP contribution in [-0.2, 0) is 0 Å². The van der Waals surface area contributed by atoms with Gasteiger partial charge < -0.3 is 0 Å². The predicted molar refractivity (Wildman–Crippen MR) is 71.3 cm³/mol. The Hall–Kier alpha value is 0.150. The number of rotatable bonds is 5. The number of thioether (sulfide) groups is 1. The molecule has 0 heterocycles. The molecule has 0 aliphatic carbocycles. The fraction of sp³-hybridized carbons (Fsp3) is 0.500. The minimum atomic E-state index is 0.716. The molecular weight excluding hydrogens is 247 g/mol. The van der Waals surface area contributed by atoms with Gasteiger partial charge in [0.05, 0.1) is 0 Å². The van der Waals surface area contributed by atoms with Gasteiger partial charge in [-0.05, 0) is 36.3 Å². The van der Waals surface area contributed by atoms with E-state index in [0.29, 0.717) is 10.0 Å². The van der Waals surface area contributed by atoms with Crippen LogP contribution in [0.1, 0.15) is 26.7 Å². The minimum Gasteiger partial charge on any atom is -0.126 e. The standard InChI is InChI=1S/C12H16Cl2S/c1-3-9(2)4-5-15-12-7-10(13)6-11(14)8-12/h6-9H,3-5H2,1-2H3. The SMILES string of the molecule is CCC(C)CCSc1cc(Cl)cc(Cl)c1. The molecule has 1 aromatic rings. The zero-order valence-electron chi connectivity index (χ0n) is 9.09. The molecule has 15 heavy (non-hydrogen) atoms. The maximum absolute atomic E-state index is 5.92. The molecule has 0 spiro atoms. The molecule has 0 N–H and O–H groups in total. The first-order valence-corrected chi connectivity index (χ1v) is 6.95. The molecule has 1 rings (SSSR count). The molecule has 0 amide bonds. The maximum atomic E-state index is 5.92. The summed E-state index contributed by atoms with van der Waals surface area (Å²) >= 11 is 13.7. The molecule has 0 bridgehead atoms. The molecule has 0 fully saturated rings. The van der Waals surface area contributed by atoms with E-state index < -0.39 is 0 Å². The van der Waals surface area contributed by atoms with Crippen LogP contribution < -0.4 is 0 Å². The zero-order valence-corrected chi connectivity index (χ0v) is 11.4. The van der Waals surface area contributed by atoms with Crippen LogP contribution in [-0.4, -0.2) is 5.75 Å². The minimum absolute atomic E-state index is 0.716. The second-order valence-corrected chi connectivity index (χ2v) is 5.80. The van der Waals surface area contributed by atoms with Crippen molar-refractivity contribution in [1.82, 2.24) is 0 Å². The highest BCUT2D eigenvalue weighted by Crippen LogP contribution is 2.27. The predicted octanol–water partition coefficient (Wildman–Crippen LogP) is 5.52. The van der Waals surface area contributed by atoms with Crippen molar-refractivity contribution in [1.29, 1.82) is 0 Å². The van der Waals surface area contributed by atoms with Crippen LogP contribution >= 0.6 is 35.0 Å². The van der Waals surface area contributed by atoms with Crippen LogP contribution in [0.5, 0.6) is 0 Å². The Kier molecular flexibility index (Phi) is 5.88. The summed E-state index contributed by atoms with van der Waals surface area (Å²) in [5.74, 6) is 1.93. The summed E-state index contributed by atoms with van der Waals surface area (Å²) in [4.78, 5) is 1.16. The normalized spacial score (nSPS) is 12.8. The average molecular weight is 263 g/mol. The molecule has 0 aromatic heterocycles. The lowest BCUT2D eigenvalue weighted by molar-refractivity contribution is 0.549. The van der Waals surface area contributed by atoms with Crippen molar-refractivity contribution in [3.8, 4) is 0 Å². The van der Waals surface area contributed by atoms with E-state index in [2.05, 4.69) is 13.8 Å².